The molecular weight excluding hydrogens is 259 g/mol. The summed E-state index contributed by atoms with van der Waals surface area (Å²) in [6, 6.07) is 3.29. The van der Waals surface area contributed by atoms with Gasteiger partial charge in [0.1, 0.15) is 0 Å². The molecule has 0 spiro atoms. The second kappa shape index (κ2) is 4.01. The van der Waals surface area contributed by atoms with E-state index in [2.05, 4.69) is 0 Å². The molecule has 1 aromatic carbocycles. The minimum absolute atomic E-state index is 0.105. The number of ether oxygens (including phenoxy) is 1. The summed E-state index contributed by atoms with van der Waals surface area (Å²) in [4.78, 5) is 11.2. The van der Waals surface area contributed by atoms with Crippen LogP contribution in [0.2, 0.25) is 0 Å². The van der Waals surface area contributed by atoms with Gasteiger partial charge in [-0.25, -0.2) is 0 Å². The number of fused-ring (bicyclic) bond motifs is 1. The van der Waals surface area contributed by atoms with Crippen molar-refractivity contribution >= 4 is 5.78 Å². The van der Waals surface area contributed by atoms with Crippen molar-refractivity contribution < 1.29 is 31.5 Å². The van der Waals surface area contributed by atoms with Gasteiger partial charge in [0.05, 0.1) is 13.2 Å². The van der Waals surface area contributed by atoms with E-state index in [0.717, 1.165) is 12.1 Å². The quantitative estimate of drug-likeness (QED) is 0.607. The molecule has 1 aliphatic heterocycles. The summed E-state index contributed by atoms with van der Waals surface area (Å²) in [6.07, 6.45) is -5.89. The zero-order chi connectivity index (χ0) is 13.6. The van der Waals surface area contributed by atoms with Crippen molar-refractivity contribution in [3.63, 3.8) is 0 Å². The van der Waals surface area contributed by atoms with Crippen LogP contribution < -0.4 is 0 Å². The van der Waals surface area contributed by atoms with Crippen LogP contribution in [0.15, 0.2) is 18.2 Å². The average molecular weight is 266 g/mol. The van der Waals surface area contributed by atoms with Crippen molar-refractivity contribution in [1.29, 1.82) is 0 Å². The Morgan fingerprint density at radius 1 is 1.06 bits per heavy atom. The average Bonchev–Trinajstić information content (AvgIpc) is 2.73. The van der Waals surface area contributed by atoms with E-state index >= 15 is 0 Å². The summed E-state index contributed by atoms with van der Waals surface area (Å²) >= 11 is 0. The lowest BCUT2D eigenvalue weighted by Gasteiger charge is -2.18. The van der Waals surface area contributed by atoms with Crippen LogP contribution in [0, 0.1) is 0 Å². The molecule has 7 heteroatoms. The normalized spacial score (nSPS) is 15.6. The maximum absolute atomic E-state index is 12.9. The predicted octanol–water partition coefficient (Wildman–Crippen LogP) is 3.10. The molecule has 1 aromatic rings. The van der Waals surface area contributed by atoms with E-state index < -0.39 is 23.4 Å². The van der Waals surface area contributed by atoms with Gasteiger partial charge in [-0.3, -0.25) is 4.79 Å². The molecular formula is C11H7F5O2. The summed E-state index contributed by atoms with van der Waals surface area (Å²) in [6.45, 7) is 0.369. The SMILES string of the molecule is O=C(c1ccc2c(c1)COC2)C(F)(F)C(F)(F)F. The molecule has 98 valence electrons. The largest absolute Gasteiger partial charge is 0.461 e. The number of hydrogen-bond donors (Lipinski definition) is 0. The fourth-order valence-corrected chi connectivity index (χ4v) is 1.62. The van der Waals surface area contributed by atoms with Crippen molar-refractivity contribution in [3.8, 4) is 0 Å². The van der Waals surface area contributed by atoms with Gasteiger partial charge in [-0.2, -0.15) is 22.0 Å². The van der Waals surface area contributed by atoms with Crippen LogP contribution in [-0.4, -0.2) is 17.9 Å². The minimum atomic E-state index is -5.89. The highest BCUT2D eigenvalue weighted by Gasteiger charge is 2.63. The first-order chi connectivity index (χ1) is 8.23. The van der Waals surface area contributed by atoms with Crippen LogP contribution in [0.1, 0.15) is 21.5 Å². The molecule has 0 bridgehead atoms. The zero-order valence-corrected chi connectivity index (χ0v) is 8.85. The van der Waals surface area contributed by atoms with Crippen LogP contribution >= 0.6 is 0 Å². The summed E-state index contributed by atoms with van der Waals surface area (Å²) in [7, 11) is 0. The van der Waals surface area contributed by atoms with Gasteiger partial charge in [-0.15, -0.1) is 0 Å². The van der Waals surface area contributed by atoms with E-state index in [4.69, 9.17) is 4.74 Å². The third kappa shape index (κ3) is 1.98. The van der Waals surface area contributed by atoms with Crippen molar-refractivity contribution in [2.24, 2.45) is 0 Å². The lowest BCUT2D eigenvalue weighted by atomic mass is 10.0. The Labute approximate surface area is 98.4 Å². The maximum Gasteiger partial charge on any atom is 0.461 e. The monoisotopic (exact) mass is 266 g/mol. The minimum Gasteiger partial charge on any atom is -0.372 e. The van der Waals surface area contributed by atoms with Gasteiger partial charge in [0.15, 0.2) is 0 Å². The molecule has 0 saturated carbocycles. The molecule has 0 aliphatic carbocycles. The first kappa shape index (κ1) is 12.9. The highest BCUT2D eigenvalue weighted by Crippen LogP contribution is 2.38. The number of alkyl halides is 5. The smallest absolute Gasteiger partial charge is 0.372 e. The molecule has 0 aromatic heterocycles. The lowest BCUT2D eigenvalue weighted by molar-refractivity contribution is -0.255. The molecule has 2 rings (SSSR count). The van der Waals surface area contributed by atoms with Gasteiger partial charge in [-0.1, -0.05) is 12.1 Å². The molecule has 0 N–H and O–H groups in total. The molecule has 0 saturated heterocycles. The summed E-state index contributed by atoms with van der Waals surface area (Å²) in [5, 5.41) is 0. The van der Waals surface area contributed by atoms with E-state index in [9.17, 15) is 26.7 Å². The predicted molar refractivity (Wildman–Crippen MR) is 50.3 cm³/mol. The Balaban J connectivity index is 2.35. The number of hydrogen-bond acceptors (Lipinski definition) is 2. The number of rotatable bonds is 2. The van der Waals surface area contributed by atoms with Gasteiger partial charge < -0.3 is 4.74 Å². The number of carbonyl (C=O) groups excluding carboxylic acids is 1. The molecule has 2 nitrogen and oxygen atoms in total. The van der Waals surface area contributed by atoms with Crippen molar-refractivity contribution in [3.05, 3.63) is 34.9 Å². The third-order valence-electron chi connectivity index (χ3n) is 2.62. The number of benzene rings is 1. The zero-order valence-electron chi connectivity index (χ0n) is 8.85. The Kier molecular flexibility index (Phi) is 2.89. The number of Topliss-reactive ketones (excluding diaryl/α,β-unsaturated/α-hetero) is 1. The highest BCUT2D eigenvalue weighted by molar-refractivity contribution is 6.02. The van der Waals surface area contributed by atoms with E-state index in [1.54, 1.807) is 0 Å². The number of carbonyl (C=O) groups is 1. The number of ketones is 1. The van der Waals surface area contributed by atoms with Crippen molar-refractivity contribution in [2.75, 3.05) is 0 Å². The first-order valence-electron chi connectivity index (χ1n) is 4.92. The molecule has 0 radical (unpaired) electrons. The fraction of sp³-hybridized carbons (Fsp3) is 0.364. The highest BCUT2D eigenvalue weighted by atomic mass is 19.4. The topological polar surface area (TPSA) is 26.3 Å². The molecule has 1 heterocycles. The second-order valence-corrected chi connectivity index (χ2v) is 3.88. The second-order valence-electron chi connectivity index (χ2n) is 3.88. The molecule has 0 atom stereocenters. The van der Waals surface area contributed by atoms with E-state index in [-0.39, 0.29) is 13.2 Å². The molecule has 0 unspecified atom stereocenters. The molecule has 0 amide bonds. The maximum atomic E-state index is 12.9. The summed E-state index contributed by atoms with van der Waals surface area (Å²) < 4.78 is 66.8. The van der Waals surface area contributed by atoms with E-state index in [1.807, 2.05) is 0 Å². The third-order valence-corrected chi connectivity index (χ3v) is 2.62. The summed E-state index contributed by atoms with van der Waals surface area (Å²) in [5.74, 6) is -7.62. The first-order valence-corrected chi connectivity index (χ1v) is 4.92. The Morgan fingerprint density at radius 3 is 2.28 bits per heavy atom. The van der Waals surface area contributed by atoms with Gasteiger partial charge in [0.2, 0.25) is 5.78 Å². The van der Waals surface area contributed by atoms with E-state index in [0.29, 0.717) is 11.1 Å². The van der Waals surface area contributed by atoms with Crippen molar-refractivity contribution in [2.45, 2.75) is 25.3 Å². The van der Waals surface area contributed by atoms with Crippen LogP contribution in [-0.2, 0) is 18.0 Å². The van der Waals surface area contributed by atoms with Gasteiger partial charge in [0.25, 0.3) is 0 Å². The Bertz CT molecular complexity index is 493. The standard InChI is InChI=1S/C11H7F5O2/c12-10(13,11(14,15)16)9(17)6-1-2-7-4-18-5-8(7)3-6/h1-3H,4-5H2. The van der Waals surface area contributed by atoms with Crippen LogP contribution in [0.5, 0.6) is 0 Å². The number of halogens is 5. The van der Waals surface area contributed by atoms with Crippen LogP contribution in [0.3, 0.4) is 0 Å². The van der Waals surface area contributed by atoms with Gasteiger partial charge in [-0.05, 0) is 17.2 Å². The Morgan fingerprint density at radius 2 is 1.67 bits per heavy atom. The van der Waals surface area contributed by atoms with Gasteiger partial charge >= 0.3 is 12.1 Å². The summed E-state index contributed by atoms with van der Waals surface area (Å²) in [5.41, 5.74) is 0.474. The lowest BCUT2D eigenvalue weighted by Crippen LogP contribution is -2.44. The molecule has 1 aliphatic rings. The van der Waals surface area contributed by atoms with Crippen LogP contribution in [0.4, 0.5) is 22.0 Å². The van der Waals surface area contributed by atoms with Crippen molar-refractivity contribution in [1.82, 2.24) is 0 Å². The molecule has 18 heavy (non-hydrogen) atoms. The van der Waals surface area contributed by atoms with Gasteiger partial charge in [0, 0.05) is 5.56 Å². The Hall–Kier alpha value is -1.50. The molecule has 0 fully saturated rings. The fourth-order valence-electron chi connectivity index (χ4n) is 1.62. The van der Waals surface area contributed by atoms with E-state index in [1.165, 1.54) is 6.07 Å². The van der Waals surface area contributed by atoms with Crippen LogP contribution in [0.25, 0.3) is 0 Å².